The molecule has 2 N–H and O–H groups in total. The Morgan fingerprint density at radius 2 is 1.88 bits per heavy atom. The second-order valence-electron chi connectivity index (χ2n) is 6.80. The van der Waals surface area contributed by atoms with Crippen molar-refractivity contribution in [3.63, 3.8) is 0 Å². The number of benzene rings is 2. The van der Waals surface area contributed by atoms with Crippen LogP contribution in [0.2, 0.25) is 0 Å². The summed E-state index contributed by atoms with van der Waals surface area (Å²) in [4.78, 5) is 0. The molecule has 1 aliphatic heterocycles. The monoisotopic (exact) mass is 359 g/mol. The van der Waals surface area contributed by atoms with E-state index in [-0.39, 0.29) is 12.8 Å². The van der Waals surface area contributed by atoms with Gasteiger partial charge in [0.1, 0.15) is 0 Å². The summed E-state index contributed by atoms with van der Waals surface area (Å²) in [7, 11) is 0. The number of rotatable bonds is 6. The molecular weight excluding hydrogens is 338 g/mol. The van der Waals surface area contributed by atoms with Gasteiger partial charge in [0, 0.05) is 6.04 Å². The highest BCUT2D eigenvalue weighted by Gasteiger charge is 2.38. The molecule has 5 nitrogen and oxygen atoms in total. The average Bonchev–Trinajstić information content (AvgIpc) is 3.18. The second-order valence-corrected chi connectivity index (χ2v) is 7.53. The normalized spacial score (nSPS) is 23.3. The fourth-order valence-corrected chi connectivity index (χ4v) is 4.03. The molecule has 4 unspecified atom stereocenters. The maximum absolute atomic E-state index is 10.8. The van der Waals surface area contributed by atoms with E-state index in [9.17, 15) is 4.21 Å². The Morgan fingerprint density at radius 3 is 2.64 bits per heavy atom. The lowest BCUT2D eigenvalue weighted by Gasteiger charge is -2.10. The largest absolute Gasteiger partial charge is 0.454 e. The predicted octanol–water partition coefficient (Wildman–Crippen LogP) is 3.69. The first-order valence-electron chi connectivity index (χ1n) is 8.47. The van der Waals surface area contributed by atoms with Crippen LogP contribution >= 0.6 is 0 Å². The van der Waals surface area contributed by atoms with E-state index in [0.717, 1.165) is 35.5 Å². The zero-order chi connectivity index (χ0) is 17.4. The van der Waals surface area contributed by atoms with Crippen molar-refractivity contribution in [2.24, 2.45) is 5.92 Å². The summed E-state index contributed by atoms with van der Waals surface area (Å²) >= 11 is -1.93. The van der Waals surface area contributed by atoms with Crippen LogP contribution in [-0.4, -0.2) is 21.6 Å². The van der Waals surface area contributed by atoms with E-state index in [1.807, 2.05) is 25.1 Å². The van der Waals surface area contributed by atoms with E-state index in [4.69, 9.17) is 14.0 Å². The molecule has 0 spiro atoms. The molecule has 4 rings (SSSR count). The molecule has 6 heteroatoms. The first-order valence-corrected chi connectivity index (χ1v) is 9.58. The van der Waals surface area contributed by atoms with Crippen molar-refractivity contribution in [2.45, 2.75) is 31.7 Å². The molecule has 1 saturated carbocycles. The van der Waals surface area contributed by atoms with E-state index in [0.29, 0.717) is 11.8 Å². The molecule has 132 valence electrons. The summed E-state index contributed by atoms with van der Waals surface area (Å²) in [6, 6.07) is 14.7. The van der Waals surface area contributed by atoms with Gasteiger partial charge in [-0.3, -0.25) is 4.55 Å². The van der Waals surface area contributed by atoms with Crippen molar-refractivity contribution in [2.75, 3.05) is 6.79 Å². The summed E-state index contributed by atoms with van der Waals surface area (Å²) in [6.45, 7) is 2.24. The standard InChI is InChI=1S/C19H21NO4S/c1-12(20-25(21)22)8-16-9-17(16)14-4-2-13(3-5-14)15-6-7-18-19(10-15)24-11-23-18/h2-7,10,12,16-17,20H,8-9,11H2,1H3,(H,21,22). The van der Waals surface area contributed by atoms with Gasteiger partial charge in [-0.1, -0.05) is 30.3 Å². The number of ether oxygens (including phenoxy) is 2. The van der Waals surface area contributed by atoms with Crippen LogP contribution in [0, 0.1) is 5.92 Å². The van der Waals surface area contributed by atoms with E-state index < -0.39 is 11.3 Å². The topological polar surface area (TPSA) is 67.8 Å². The zero-order valence-corrected chi connectivity index (χ0v) is 14.8. The van der Waals surface area contributed by atoms with Crippen LogP contribution in [0.4, 0.5) is 0 Å². The first-order chi connectivity index (χ1) is 12.1. The SMILES string of the molecule is CC(CC1CC1c1ccc(-c2ccc3c(c2)OCO3)cc1)NS(=O)O. The molecule has 4 atom stereocenters. The molecule has 1 aliphatic carbocycles. The van der Waals surface area contributed by atoms with Crippen molar-refractivity contribution < 1.29 is 18.2 Å². The first kappa shape index (κ1) is 16.6. The third-order valence-electron chi connectivity index (χ3n) is 4.93. The van der Waals surface area contributed by atoms with Gasteiger partial charge in [0.15, 0.2) is 11.5 Å². The van der Waals surface area contributed by atoms with E-state index in [2.05, 4.69) is 29.0 Å². The highest BCUT2D eigenvalue weighted by atomic mass is 32.2. The van der Waals surface area contributed by atoms with E-state index in [1.165, 1.54) is 5.56 Å². The quantitative estimate of drug-likeness (QED) is 0.772. The molecule has 2 aromatic rings. The Balaban J connectivity index is 1.41. The lowest BCUT2D eigenvalue weighted by molar-refractivity contribution is 0.174. The maximum Gasteiger partial charge on any atom is 0.231 e. The predicted molar refractivity (Wildman–Crippen MR) is 96.8 cm³/mol. The highest BCUT2D eigenvalue weighted by molar-refractivity contribution is 7.77. The smallest absolute Gasteiger partial charge is 0.231 e. The van der Waals surface area contributed by atoms with Gasteiger partial charge in [-0.25, -0.2) is 8.93 Å². The summed E-state index contributed by atoms with van der Waals surface area (Å²) in [5.74, 6) is 2.74. The van der Waals surface area contributed by atoms with Gasteiger partial charge >= 0.3 is 0 Å². The third-order valence-corrected chi connectivity index (χ3v) is 5.53. The average molecular weight is 359 g/mol. The van der Waals surface area contributed by atoms with E-state index in [1.54, 1.807) is 0 Å². The van der Waals surface area contributed by atoms with Crippen molar-refractivity contribution in [1.82, 2.24) is 4.72 Å². The molecule has 0 amide bonds. The Labute approximate surface area is 149 Å². The fraction of sp³-hybridized carbons (Fsp3) is 0.368. The minimum Gasteiger partial charge on any atom is -0.454 e. The Kier molecular flexibility index (Phi) is 4.50. The summed E-state index contributed by atoms with van der Waals surface area (Å²) in [5.41, 5.74) is 3.61. The molecule has 0 aromatic heterocycles. The second kappa shape index (κ2) is 6.78. The van der Waals surface area contributed by atoms with Gasteiger partial charge in [-0.15, -0.1) is 0 Å². The minimum atomic E-state index is -1.93. The summed E-state index contributed by atoms with van der Waals surface area (Å²) in [6.07, 6.45) is 2.06. The van der Waals surface area contributed by atoms with Crippen LogP contribution in [0.1, 0.15) is 31.2 Å². The van der Waals surface area contributed by atoms with E-state index >= 15 is 0 Å². The maximum atomic E-state index is 10.8. The minimum absolute atomic E-state index is 0.0498. The van der Waals surface area contributed by atoms with Crippen molar-refractivity contribution >= 4 is 11.3 Å². The lowest BCUT2D eigenvalue weighted by atomic mass is 10.0. The molecule has 0 saturated heterocycles. The molecule has 0 bridgehead atoms. The van der Waals surface area contributed by atoms with Crippen LogP contribution in [0.15, 0.2) is 42.5 Å². The number of nitrogens with one attached hydrogen (secondary N) is 1. The van der Waals surface area contributed by atoms with Crippen LogP contribution in [0.3, 0.4) is 0 Å². The molecule has 1 heterocycles. The molecule has 0 radical (unpaired) electrons. The highest BCUT2D eigenvalue weighted by Crippen LogP contribution is 2.50. The Hall–Kier alpha value is -1.89. The van der Waals surface area contributed by atoms with Gasteiger partial charge in [-0.2, -0.15) is 0 Å². The van der Waals surface area contributed by atoms with Gasteiger partial charge in [0.2, 0.25) is 18.1 Å². The number of fused-ring (bicyclic) bond motifs is 1. The fourth-order valence-electron chi connectivity index (χ4n) is 3.59. The molecule has 25 heavy (non-hydrogen) atoms. The van der Waals surface area contributed by atoms with Gasteiger partial charge in [-0.05, 0) is 60.4 Å². The number of hydrogen-bond donors (Lipinski definition) is 2. The van der Waals surface area contributed by atoms with Gasteiger partial charge in [0.25, 0.3) is 0 Å². The van der Waals surface area contributed by atoms with Crippen molar-refractivity contribution in [3.05, 3.63) is 48.0 Å². The van der Waals surface area contributed by atoms with Crippen LogP contribution in [0.5, 0.6) is 11.5 Å². The Bertz CT molecular complexity index is 793. The van der Waals surface area contributed by atoms with Crippen molar-refractivity contribution in [3.8, 4) is 22.6 Å². The molecular formula is C19H21NO4S. The third kappa shape index (κ3) is 3.71. The number of hydrogen-bond acceptors (Lipinski definition) is 3. The summed E-state index contributed by atoms with van der Waals surface area (Å²) < 4.78 is 33.1. The Morgan fingerprint density at radius 1 is 1.16 bits per heavy atom. The zero-order valence-electron chi connectivity index (χ0n) is 14.0. The van der Waals surface area contributed by atoms with Crippen LogP contribution < -0.4 is 14.2 Å². The molecule has 2 aliphatic rings. The van der Waals surface area contributed by atoms with Crippen LogP contribution in [0.25, 0.3) is 11.1 Å². The van der Waals surface area contributed by atoms with Gasteiger partial charge in [0.05, 0.1) is 0 Å². The lowest BCUT2D eigenvalue weighted by Crippen LogP contribution is -2.28. The molecule has 1 fully saturated rings. The van der Waals surface area contributed by atoms with Crippen molar-refractivity contribution in [1.29, 1.82) is 0 Å². The summed E-state index contributed by atoms with van der Waals surface area (Å²) in [5, 5.41) is 0. The van der Waals surface area contributed by atoms with Crippen LogP contribution in [-0.2, 0) is 11.3 Å². The van der Waals surface area contributed by atoms with Gasteiger partial charge < -0.3 is 9.47 Å². The molecule has 2 aromatic carbocycles.